The average molecular weight is 696 g/mol. The highest BCUT2D eigenvalue weighted by Gasteiger charge is 2.34. The summed E-state index contributed by atoms with van der Waals surface area (Å²) in [6, 6.07) is 19.0. The molecule has 0 heterocycles. The zero-order valence-corrected chi connectivity index (χ0v) is 27.2. The van der Waals surface area contributed by atoms with Gasteiger partial charge in [0, 0.05) is 17.1 Å². The third kappa shape index (κ3) is 8.07. The molecule has 4 rings (SSSR count). The minimum Gasteiger partial charge on any atom is -0.352 e. The van der Waals surface area contributed by atoms with Crippen molar-refractivity contribution in [3.8, 4) is 0 Å². The number of carbonyl (C=O) groups is 2. The highest BCUT2D eigenvalue weighted by Crippen LogP contribution is 2.28. The first-order chi connectivity index (χ1) is 20.1. The number of sulfonamides is 1. The lowest BCUT2D eigenvalue weighted by Gasteiger charge is -2.34. The molecular formula is C31H34BrCl2N3O4S. The quantitative estimate of drug-likeness (QED) is 0.230. The molecule has 1 aliphatic carbocycles. The van der Waals surface area contributed by atoms with Gasteiger partial charge in [0.15, 0.2) is 0 Å². The van der Waals surface area contributed by atoms with Crippen LogP contribution in [-0.2, 0) is 26.2 Å². The smallest absolute Gasteiger partial charge is 0.264 e. The Morgan fingerprint density at radius 2 is 1.67 bits per heavy atom. The van der Waals surface area contributed by atoms with E-state index in [1.54, 1.807) is 60.7 Å². The third-order valence-corrected chi connectivity index (χ3v) is 10.4. The van der Waals surface area contributed by atoms with Gasteiger partial charge in [-0.3, -0.25) is 13.9 Å². The number of nitrogens with zero attached hydrogens (tertiary/aromatic N) is 2. The van der Waals surface area contributed by atoms with Crippen molar-refractivity contribution in [1.82, 2.24) is 10.2 Å². The average Bonchev–Trinajstić information content (AvgIpc) is 2.98. The zero-order valence-electron chi connectivity index (χ0n) is 23.3. The normalized spacial score (nSPS) is 14.7. The van der Waals surface area contributed by atoms with Crippen LogP contribution in [0.2, 0.25) is 10.0 Å². The molecule has 42 heavy (non-hydrogen) atoms. The predicted octanol–water partition coefficient (Wildman–Crippen LogP) is 7.21. The molecule has 11 heteroatoms. The van der Waals surface area contributed by atoms with E-state index in [0.29, 0.717) is 32.2 Å². The second-order valence-corrected chi connectivity index (χ2v) is 13.9. The molecular weight excluding hydrogens is 661 g/mol. The van der Waals surface area contributed by atoms with Gasteiger partial charge >= 0.3 is 0 Å². The van der Waals surface area contributed by atoms with Gasteiger partial charge in [-0.25, -0.2) is 8.42 Å². The monoisotopic (exact) mass is 693 g/mol. The maximum absolute atomic E-state index is 14.2. The van der Waals surface area contributed by atoms with E-state index in [-0.39, 0.29) is 23.4 Å². The molecule has 0 aliphatic heterocycles. The summed E-state index contributed by atoms with van der Waals surface area (Å²) in [5.41, 5.74) is 0.984. The number of nitrogens with one attached hydrogen (secondary N) is 1. The van der Waals surface area contributed by atoms with Gasteiger partial charge in [-0.1, -0.05) is 95.6 Å². The Morgan fingerprint density at radius 1 is 0.952 bits per heavy atom. The van der Waals surface area contributed by atoms with Crippen molar-refractivity contribution in [3.63, 3.8) is 0 Å². The maximum Gasteiger partial charge on any atom is 0.264 e. The number of hydrogen-bond acceptors (Lipinski definition) is 4. The molecule has 3 aromatic rings. The van der Waals surface area contributed by atoms with Gasteiger partial charge in [0.1, 0.15) is 12.6 Å². The van der Waals surface area contributed by atoms with Crippen molar-refractivity contribution in [2.24, 2.45) is 0 Å². The highest BCUT2D eigenvalue weighted by molar-refractivity contribution is 9.10. The SMILES string of the molecule is CCC(C(=O)NC1CCCCC1)N(Cc1ccc(Cl)c(Cl)c1)C(=O)CN(c1cccc(Br)c1)S(=O)(=O)c1ccccc1. The summed E-state index contributed by atoms with van der Waals surface area (Å²) >= 11 is 15.8. The topological polar surface area (TPSA) is 86.8 Å². The standard InChI is InChI=1S/C31H34BrCl2N3O4S/c1-2-29(31(39)35-24-11-5-3-6-12-24)36(20-22-16-17-27(33)28(34)18-22)30(38)21-37(25-13-9-10-23(32)19-25)42(40,41)26-14-7-4-8-15-26/h4,7-10,13-19,24,29H,2-3,5-6,11-12,20-21H2,1H3,(H,35,39). The highest BCUT2D eigenvalue weighted by atomic mass is 79.9. The third-order valence-electron chi connectivity index (χ3n) is 7.38. The second-order valence-electron chi connectivity index (χ2n) is 10.3. The van der Waals surface area contributed by atoms with E-state index in [9.17, 15) is 18.0 Å². The van der Waals surface area contributed by atoms with E-state index >= 15 is 0 Å². The van der Waals surface area contributed by atoms with E-state index in [1.807, 2.05) is 6.92 Å². The lowest BCUT2D eigenvalue weighted by atomic mass is 9.95. The van der Waals surface area contributed by atoms with Crippen molar-refractivity contribution >= 4 is 66.7 Å². The van der Waals surface area contributed by atoms with Crippen LogP contribution >= 0.6 is 39.1 Å². The number of hydrogen-bond donors (Lipinski definition) is 1. The van der Waals surface area contributed by atoms with E-state index in [2.05, 4.69) is 21.2 Å². The Bertz CT molecular complexity index is 1500. The fourth-order valence-corrected chi connectivity index (χ4v) is 7.31. The van der Waals surface area contributed by atoms with Crippen molar-refractivity contribution in [1.29, 1.82) is 0 Å². The molecule has 224 valence electrons. The summed E-state index contributed by atoms with van der Waals surface area (Å²) in [7, 11) is -4.13. The molecule has 1 unspecified atom stereocenters. The number of carbonyl (C=O) groups excluding carboxylic acids is 2. The Labute approximate surface area is 266 Å². The van der Waals surface area contributed by atoms with Crippen LogP contribution in [0.4, 0.5) is 5.69 Å². The molecule has 0 aromatic heterocycles. The van der Waals surface area contributed by atoms with Crippen molar-refractivity contribution in [3.05, 3.63) is 92.9 Å². The first-order valence-electron chi connectivity index (χ1n) is 14.0. The minimum atomic E-state index is -4.13. The van der Waals surface area contributed by atoms with Gasteiger partial charge in [0.25, 0.3) is 10.0 Å². The fraction of sp³-hybridized carbons (Fsp3) is 0.355. The molecule has 1 atom stereocenters. The summed E-state index contributed by atoms with van der Waals surface area (Å²) in [5, 5.41) is 3.84. The van der Waals surface area contributed by atoms with E-state index < -0.39 is 28.5 Å². The Balaban J connectivity index is 1.71. The summed E-state index contributed by atoms with van der Waals surface area (Å²) in [5.74, 6) is -0.774. The Morgan fingerprint density at radius 3 is 2.31 bits per heavy atom. The van der Waals surface area contributed by atoms with Crippen LogP contribution in [0.1, 0.15) is 51.0 Å². The number of amides is 2. The summed E-state index contributed by atoms with van der Waals surface area (Å²) in [6.07, 6.45) is 5.38. The number of rotatable bonds is 11. The Hall–Kier alpha value is -2.59. The maximum atomic E-state index is 14.2. The van der Waals surface area contributed by atoms with Crippen molar-refractivity contribution in [2.45, 2.75) is 69.0 Å². The minimum absolute atomic E-state index is 0.0457. The van der Waals surface area contributed by atoms with Gasteiger partial charge in [-0.05, 0) is 67.3 Å². The second kappa shape index (κ2) is 14.7. The van der Waals surface area contributed by atoms with Crippen LogP contribution < -0.4 is 9.62 Å². The van der Waals surface area contributed by atoms with Gasteiger partial charge in [0.05, 0.1) is 20.6 Å². The lowest BCUT2D eigenvalue weighted by molar-refractivity contribution is -0.140. The summed E-state index contributed by atoms with van der Waals surface area (Å²) in [6.45, 7) is 1.37. The van der Waals surface area contributed by atoms with Crippen molar-refractivity contribution in [2.75, 3.05) is 10.8 Å². The molecule has 1 N–H and O–H groups in total. The molecule has 0 spiro atoms. The lowest BCUT2D eigenvalue weighted by Crippen LogP contribution is -2.54. The van der Waals surface area contributed by atoms with E-state index in [0.717, 1.165) is 36.4 Å². The molecule has 1 fully saturated rings. The fourth-order valence-electron chi connectivity index (χ4n) is 5.18. The predicted molar refractivity (Wildman–Crippen MR) is 171 cm³/mol. The first kappa shape index (κ1) is 32.3. The Kier molecular flexibility index (Phi) is 11.3. The number of anilines is 1. The first-order valence-corrected chi connectivity index (χ1v) is 17.0. The van der Waals surface area contributed by atoms with Gasteiger partial charge in [0.2, 0.25) is 11.8 Å². The van der Waals surface area contributed by atoms with Crippen LogP contribution in [0.15, 0.2) is 82.2 Å². The summed E-state index contributed by atoms with van der Waals surface area (Å²) < 4.78 is 29.6. The molecule has 0 bridgehead atoms. The van der Waals surface area contributed by atoms with Gasteiger partial charge < -0.3 is 10.2 Å². The van der Waals surface area contributed by atoms with Crippen LogP contribution in [0.5, 0.6) is 0 Å². The van der Waals surface area contributed by atoms with E-state index in [4.69, 9.17) is 23.2 Å². The van der Waals surface area contributed by atoms with Crippen LogP contribution in [-0.4, -0.2) is 43.8 Å². The molecule has 1 aliphatic rings. The van der Waals surface area contributed by atoms with Gasteiger partial charge in [-0.15, -0.1) is 0 Å². The number of benzene rings is 3. The molecule has 2 amide bonds. The van der Waals surface area contributed by atoms with Gasteiger partial charge in [-0.2, -0.15) is 0 Å². The molecule has 0 saturated heterocycles. The molecule has 3 aromatic carbocycles. The summed E-state index contributed by atoms with van der Waals surface area (Å²) in [4.78, 5) is 29.3. The van der Waals surface area contributed by atoms with Crippen LogP contribution in [0.25, 0.3) is 0 Å². The molecule has 7 nitrogen and oxygen atoms in total. The molecule has 0 radical (unpaired) electrons. The van der Waals surface area contributed by atoms with Crippen LogP contribution in [0.3, 0.4) is 0 Å². The molecule has 1 saturated carbocycles. The van der Waals surface area contributed by atoms with E-state index in [1.165, 1.54) is 17.0 Å². The van der Waals surface area contributed by atoms with Crippen LogP contribution in [0, 0.1) is 0 Å². The largest absolute Gasteiger partial charge is 0.352 e. The zero-order chi connectivity index (χ0) is 30.3. The number of halogens is 3. The van der Waals surface area contributed by atoms with Crippen molar-refractivity contribution < 1.29 is 18.0 Å².